The molecule has 1 saturated carbocycles. The molecule has 0 saturated heterocycles. The van der Waals surface area contributed by atoms with Gasteiger partial charge in [-0.3, -0.25) is 4.79 Å². The highest BCUT2D eigenvalue weighted by atomic mass is 19.4. The van der Waals surface area contributed by atoms with Gasteiger partial charge in [0.05, 0.1) is 17.9 Å². The second kappa shape index (κ2) is 5.54. The zero-order chi connectivity index (χ0) is 15.7. The number of halogens is 3. The van der Waals surface area contributed by atoms with E-state index < -0.39 is 23.5 Å². The third kappa shape index (κ3) is 3.12. The standard InChI is InChI=1S/C16H17F3O2/c1-3-21-14(20)13-10-15(13,16(17,18)19)9-8-12-6-4-11(2)5-7-12/h4-9,13H,3,10H2,1-2H3. The minimum atomic E-state index is -4.45. The van der Waals surface area contributed by atoms with Crippen LogP contribution in [0.1, 0.15) is 24.5 Å². The molecule has 0 spiro atoms. The summed E-state index contributed by atoms with van der Waals surface area (Å²) in [6, 6.07) is 7.15. The summed E-state index contributed by atoms with van der Waals surface area (Å²) in [5.41, 5.74) is -0.364. The summed E-state index contributed by atoms with van der Waals surface area (Å²) in [6.07, 6.45) is -2.17. The molecule has 1 aliphatic rings. The molecule has 0 N–H and O–H groups in total. The molecule has 21 heavy (non-hydrogen) atoms. The van der Waals surface area contributed by atoms with Crippen molar-refractivity contribution < 1.29 is 22.7 Å². The Morgan fingerprint density at radius 1 is 1.38 bits per heavy atom. The maximum Gasteiger partial charge on any atom is 0.398 e. The van der Waals surface area contributed by atoms with Gasteiger partial charge in [0.1, 0.15) is 0 Å². The van der Waals surface area contributed by atoms with E-state index in [0.29, 0.717) is 5.56 Å². The van der Waals surface area contributed by atoms with Crippen molar-refractivity contribution in [2.45, 2.75) is 26.4 Å². The van der Waals surface area contributed by atoms with Crippen LogP contribution in [0.3, 0.4) is 0 Å². The Balaban J connectivity index is 2.20. The molecule has 2 atom stereocenters. The summed E-state index contributed by atoms with van der Waals surface area (Å²) in [5.74, 6) is -1.90. The molecule has 2 nitrogen and oxygen atoms in total. The molecule has 114 valence electrons. The van der Waals surface area contributed by atoms with E-state index in [1.165, 1.54) is 6.08 Å². The molecular weight excluding hydrogens is 281 g/mol. The lowest BCUT2D eigenvalue weighted by molar-refractivity contribution is -0.182. The van der Waals surface area contributed by atoms with Gasteiger partial charge in [-0.25, -0.2) is 0 Å². The van der Waals surface area contributed by atoms with E-state index in [4.69, 9.17) is 4.74 Å². The lowest BCUT2D eigenvalue weighted by Crippen LogP contribution is -2.27. The molecule has 2 unspecified atom stereocenters. The number of carbonyl (C=O) groups is 1. The van der Waals surface area contributed by atoms with Crippen LogP contribution in [0.4, 0.5) is 13.2 Å². The molecular formula is C16H17F3O2. The van der Waals surface area contributed by atoms with Crippen LogP contribution >= 0.6 is 0 Å². The Morgan fingerprint density at radius 2 is 2.00 bits per heavy atom. The summed E-state index contributed by atoms with van der Waals surface area (Å²) < 4.78 is 44.5. The Kier molecular flexibility index (Phi) is 4.12. The highest BCUT2D eigenvalue weighted by Crippen LogP contribution is 2.64. The van der Waals surface area contributed by atoms with Crippen LogP contribution < -0.4 is 0 Å². The molecule has 5 heteroatoms. The van der Waals surface area contributed by atoms with Crippen molar-refractivity contribution in [1.82, 2.24) is 0 Å². The largest absolute Gasteiger partial charge is 0.466 e. The number of hydrogen-bond donors (Lipinski definition) is 0. The number of aryl methyl sites for hydroxylation is 1. The van der Waals surface area contributed by atoms with E-state index >= 15 is 0 Å². The lowest BCUT2D eigenvalue weighted by atomic mass is 10.0. The SMILES string of the molecule is CCOC(=O)C1CC1(C=Cc1ccc(C)cc1)C(F)(F)F. The zero-order valence-electron chi connectivity index (χ0n) is 11.9. The molecule has 0 amide bonds. The summed E-state index contributed by atoms with van der Waals surface area (Å²) in [4.78, 5) is 11.6. The van der Waals surface area contributed by atoms with E-state index in [0.717, 1.165) is 11.6 Å². The van der Waals surface area contributed by atoms with Gasteiger partial charge in [0.15, 0.2) is 0 Å². The number of allylic oxidation sites excluding steroid dienone is 1. The van der Waals surface area contributed by atoms with Gasteiger partial charge in [-0.15, -0.1) is 0 Å². The fourth-order valence-corrected chi connectivity index (χ4v) is 2.33. The van der Waals surface area contributed by atoms with Gasteiger partial charge in [-0.2, -0.15) is 13.2 Å². The van der Waals surface area contributed by atoms with Gasteiger partial charge in [-0.05, 0) is 25.8 Å². The van der Waals surface area contributed by atoms with E-state index in [-0.39, 0.29) is 13.0 Å². The number of esters is 1. The molecule has 0 bridgehead atoms. The Morgan fingerprint density at radius 3 is 2.52 bits per heavy atom. The number of rotatable bonds is 4. The van der Waals surface area contributed by atoms with Crippen molar-refractivity contribution in [3.8, 4) is 0 Å². The molecule has 1 aliphatic carbocycles. The first-order chi connectivity index (χ1) is 9.80. The predicted molar refractivity (Wildman–Crippen MR) is 73.4 cm³/mol. The molecule has 2 rings (SSSR count). The highest BCUT2D eigenvalue weighted by Gasteiger charge is 2.72. The number of carbonyl (C=O) groups excluding carboxylic acids is 1. The molecule has 0 radical (unpaired) electrons. The normalized spacial score (nSPS) is 25.1. The maximum absolute atomic E-state index is 13.3. The average Bonchev–Trinajstić information content (AvgIpc) is 3.14. The summed E-state index contributed by atoms with van der Waals surface area (Å²) in [6.45, 7) is 3.57. The summed E-state index contributed by atoms with van der Waals surface area (Å²) >= 11 is 0. The summed E-state index contributed by atoms with van der Waals surface area (Å²) in [7, 11) is 0. The van der Waals surface area contributed by atoms with Crippen LogP contribution in [0, 0.1) is 18.3 Å². The molecule has 0 heterocycles. The average molecular weight is 298 g/mol. The Bertz CT molecular complexity index is 546. The van der Waals surface area contributed by atoms with Crippen molar-refractivity contribution in [2.75, 3.05) is 6.61 Å². The predicted octanol–water partition coefficient (Wildman–Crippen LogP) is 4.14. The van der Waals surface area contributed by atoms with E-state index in [1.807, 2.05) is 19.1 Å². The van der Waals surface area contributed by atoms with Gasteiger partial charge >= 0.3 is 12.1 Å². The van der Waals surface area contributed by atoms with Crippen LogP contribution in [0.2, 0.25) is 0 Å². The first-order valence-electron chi connectivity index (χ1n) is 6.79. The fraction of sp³-hybridized carbons (Fsp3) is 0.438. The first kappa shape index (κ1) is 15.6. The van der Waals surface area contributed by atoms with Gasteiger partial charge in [-0.1, -0.05) is 42.0 Å². The van der Waals surface area contributed by atoms with Crippen molar-refractivity contribution in [3.63, 3.8) is 0 Å². The minimum absolute atomic E-state index is 0.0882. The fourth-order valence-electron chi connectivity index (χ4n) is 2.33. The number of ether oxygens (including phenoxy) is 1. The van der Waals surface area contributed by atoms with E-state index in [9.17, 15) is 18.0 Å². The van der Waals surface area contributed by atoms with Gasteiger partial charge in [0.25, 0.3) is 0 Å². The third-order valence-electron chi connectivity index (χ3n) is 3.75. The van der Waals surface area contributed by atoms with Gasteiger partial charge in [0, 0.05) is 0 Å². The highest BCUT2D eigenvalue weighted by molar-refractivity contribution is 5.78. The van der Waals surface area contributed by atoms with Gasteiger partial charge in [0.2, 0.25) is 0 Å². The van der Waals surface area contributed by atoms with Crippen LogP contribution in [-0.2, 0) is 9.53 Å². The van der Waals surface area contributed by atoms with Gasteiger partial charge < -0.3 is 4.74 Å². The quantitative estimate of drug-likeness (QED) is 0.781. The lowest BCUT2D eigenvalue weighted by Gasteiger charge is -2.16. The number of benzene rings is 1. The Hall–Kier alpha value is -1.78. The maximum atomic E-state index is 13.3. The summed E-state index contributed by atoms with van der Waals surface area (Å²) in [5, 5.41) is 0. The molecule has 0 aromatic heterocycles. The first-order valence-corrected chi connectivity index (χ1v) is 6.79. The second-order valence-electron chi connectivity index (χ2n) is 5.29. The van der Waals surface area contributed by atoms with Crippen LogP contribution in [0.15, 0.2) is 30.3 Å². The van der Waals surface area contributed by atoms with Crippen LogP contribution in [0.25, 0.3) is 6.08 Å². The topological polar surface area (TPSA) is 26.3 Å². The molecule has 0 aliphatic heterocycles. The van der Waals surface area contributed by atoms with Crippen LogP contribution in [0.5, 0.6) is 0 Å². The van der Waals surface area contributed by atoms with E-state index in [2.05, 4.69) is 0 Å². The minimum Gasteiger partial charge on any atom is -0.466 e. The molecule has 1 fully saturated rings. The monoisotopic (exact) mass is 298 g/mol. The Labute approximate surface area is 121 Å². The molecule has 1 aromatic rings. The smallest absolute Gasteiger partial charge is 0.398 e. The van der Waals surface area contributed by atoms with E-state index in [1.54, 1.807) is 19.1 Å². The van der Waals surface area contributed by atoms with Crippen LogP contribution in [-0.4, -0.2) is 18.8 Å². The third-order valence-corrected chi connectivity index (χ3v) is 3.75. The zero-order valence-corrected chi connectivity index (χ0v) is 11.9. The number of alkyl halides is 3. The second-order valence-corrected chi connectivity index (χ2v) is 5.29. The van der Waals surface area contributed by atoms with Crippen molar-refractivity contribution in [2.24, 2.45) is 11.3 Å². The van der Waals surface area contributed by atoms with Crippen molar-refractivity contribution in [1.29, 1.82) is 0 Å². The van der Waals surface area contributed by atoms with Crippen molar-refractivity contribution in [3.05, 3.63) is 41.5 Å². The van der Waals surface area contributed by atoms with Crippen molar-refractivity contribution >= 4 is 12.0 Å². The number of hydrogen-bond acceptors (Lipinski definition) is 2. The molecule has 1 aromatic carbocycles.